The van der Waals surface area contributed by atoms with Gasteiger partial charge in [-0.2, -0.15) is 0 Å². The van der Waals surface area contributed by atoms with E-state index in [1.165, 1.54) is 0 Å². The predicted molar refractivity (Wildman–Crippen MR) is 104 cm³/mol. The van der Waals surface area contributed by atoms with Crippen LogP contribution in [-0.2, 0) is 12.8 Å². The molecule has 0 atom stereocenters. The van der Waals surface area contributed by atoms with E-state index in [0.717, 1.165) is 5.56 Å². The van der Waals surface area contributed by atoms with E-state index >= 15 is 0 Å². The minimum absolute atomic E-state index is 0.00333. The fourth-order valence-corrected chi connectivity index (χ4v) is 3.85. The number of carbonyl (C=O) groups is 2. The topological polar surface area (TPSA) is 47.3 Å². The molecule has 27 heavy (non-hydrogen) atoms. The number of ketones is 2. The molecule has 0 unspecified atom stereocenters. The molecule has 1 aliphatic carbocycles. The second-order valence-electron chi connectivity index (χ2n) is 8.00. The first-order valence-electron chi connectivity index (χ1n) is 9.26. The summed E-state index contributed by atoms with van der Waals surface area (Å²) in [5.74, 6) is 1.11. The highest BCUT2D eigenvalue weighted by atomic mass is 16.3. The molecule has 2 aromatic carbocycles. The van der Waals surface area contributed by atoms with Crippen LogP contribution in [0.25, 0.3) is 0 Å². The maximum absolute atomic E-state index is 13.3. The quantitative estimate of drug-likeness (QED) is 0.598. The van der Waals surface area contributed by atoms with Gasteiger partial charge in [0.25, 0.3) is 0 Å². The van der Waals surface area contributed by atoms with Crippen LogP contribution in [0.4, 0.5) is 0 Å². The van der Waals surface area contributed by atoms with Gasteiger partial charge in [0.15, 0.2) is 11.6 Å². The van der Waals surface area contributed by atoms with Crippen LogP contribution in [0.5, 0.6) is 0 Å². The van der Waals surface area contributed by atoms with Crippen molar-refractivity contribution in [3.05, 3.63) is 94.4 Å². The van der Waals surface area contributed by atoms with Crippen molar-refractivity contribution in [1.82, 2.24) is 0 Å². The summed E-state index contributed by atoms with van der Waals surface area (Å²) in [6.45, 7) is 4.12. The van der Waals surface area contributed by atoms with Crippen molar-refractivity contribution in [1.29, 1.82) is 0 Å². The first-order valence-corrected chi connectivity index (χ1v) is 9.26. The molecule has 0 radical (unpaired) electrons. The largest absolute Gasteiger partial charge is 0.464 e. The Balaban J connectivity index is 1.85. The molecule has 3 aromatic rings. The van der Waals surface area contributed by atoms with Gasteiger partial charge in [-0.05, 0) is 11.0 Å². The van der Waals surface area contributed by atoms with Crippen molar-refractivity contribution in [2.75, 3.05) is 0 Å². The van der Waals surface area contributed by atoms with E-state index < -0.39 is 0 Å². The molecule has 0 aliphatic heterocycles. The molecule has 0 amide bonds. The summed E-state index contributed by atoms with van der Waals surface area (Å²) in [5, 5.41) is 0. The maximum atomic E-state index is 13.3. The van der Waals surface area contributed by atoms with Crippen molar-refractivity contribution < 1.29 is 14.0 Å². The molecule has 4 rings (SSSR count). The number of furan rings is 1. The van der Waals surface area contributed by atoms with Crippen LogP contribution in [0.2, 0.25) is 0 Å². The molecule has 0 bridgehead atoms. The lowest BCUT2D eigenvalue weighted by Crippen LogP contribution is -2.27. The lowest BCUT2D eigenvalue weighted by molar-refractivity contribution is 0.0896. The zero-order chi connectivity index (χ0) is 19.0. The van der Waals surface area contributed by atoms with Gasteiger partial charge >= 0.3 is 0 Å². The SMILES string of the molecule is CC1(C)CC(=O)c2c(oc(Cc3ccccc3)c2C(=O)c2ccccc2)C1. The second kappa shape index (κ2) is 6.66. The van der Waals surface area contributed by atoms with Gasteiger partial charge in [-0.3, -0.25) is 9.59 Å². The van der Waals surface area contributed by atoms with Crippen LogP contribution in [0.3, 0.4) is 0 Å². The van der Waals surface area contributed by atoms with Crippen LogP contribution in [-0.4, -0.2) is 11.6 Å². The lowest BCUT2D eigenvalue weighted by Gasteiger charge is -2.27. The van der Waals surface area contributed by atoms with Crippen LogP contribution >= 0.6 is 0 Å². The summed E-state index contributed by atoms with van der Waals surface area (Å²) >= 11 is 0. The van der Waals surface area contributed by atoms with Gasteiger partial charge in [0.05, 0.1) is 11.1 Å². The van der Waals surface area contributed by atoms with Crippen molar-refractivity contribution in [2.24, 2.45) is 5.41 Å². The molecule has 0 N–H and O–H groups in total. The number of fused-ring (bicyclic) bond motifs is 1. The molecule has 1 aromatic heterocycles. The van der Waals surface area contributed by atoms with Crippen molar-refractivity contribution >= 4 is 11.6 Å². The first kappa shape index (κ1) is 17.5. The van der Waals surface area contributed by atoms with E-state index in [1.807, 2.05) is 48.5 Å². The average Bonchev–Trinajstić information content (AvgIpc) is 2.99. The van der Waals surface area contributed by atoms with Gasteiger partial charge in [0.1, 0.15) is 11.5 Å². The molecule has 0 saturated carbocycles. The summed E-state index contributed by atoms with van der Waals surface area (Å²) in [6, 6.07) is 19.0. The molecule has 0 spiro atoms. The second-order valence-corrected chi connectivity index (χ2v) is 8.00. The molecule has 0 fully saturated rings. The molecule has 3 heteroatoms. The van der Waals surface area contributed by atoms with Gasteiger partial charge in [-0.1, -0.05) is 74.5 Å². The molecule has 136 valence electrons. The third kappa shape index (κ3) is 3.37. The Morgan fingerprint density at radius 1 is 0.963 bits per heavy atom. The summed E-state index contributed by atoms with van der Waals surface area (Å²) in [5.41, 5.74) is 2.42. The van der Waals surface area contributed by atoms with E-state index in [-0.39, 0.29) is 17.0 Å². The third-order valence-electron chi connectivity index (χ3n) is 5.08. The van der Waals surface area contributed by atoms with Gasteiger partial charge in [-0.25, -0.2) is 0 Å². The zero-order valence-electron chi connectivity index (χ0n) is 15.6. The summed E-state index contributed by atoms with van der Waals surface area (Å²) in [7, 11) is 0. The Labute approximate surface area is 159 Å². The number of carbonyl (C=O) groups excluding carboxylic acids is 2. The van der Waals surface area contributed by atoms with Crippen molar-refractivity contribution in [2.45, 2.75) is 33.1 Å². The molecule has 3 nitrogen and oxygen atoms in total. The van der Waals surface area contributed by atoms with Crippen LogP contribution in [0.1, 0.15) is 63.6 Å². The zero-order valence-corrected chi connectivity index (χ0v) is 15.6. The predicted octanol–water partition coefficient (Wildman–Crippen LogP) is 5.26. The van der Waals surface area contributed by atoms with E-state index in [2.05, 4.69) is 13.8 Å². The molecule has 0 saturated heterocycles. The van der Waals surface area contributed by atoms with E-state index in [9.17, 15) is 9.59 Å². The van der Waals surface area contributed by atoms with Crippen LogP contribution in [0, 0.1) is 5.41 Å². The maximum Gasteiger partial charge on any atom is 0.197 e. The van der Waals surface area contributed by atoms with Gasteiger partial charge in [0, 0.05) is 24.8 Å². The van der Waals surface area contributed by atoms with E-state index in [4.69, 9.17) is 4.42 Å². The third-order valence-corrected chi connectivity index (χ3v) is 5.08. The number of hydrogen-bond acceptors (Lipinski definition) is 3. The Kier molecular flexibility index (Phi) is 4.31. The van der Waals surface area contributed by atoms with E-state index in [1.54, 1.807) is 12.1 Å². The molecule has 1 heterocycles. The summed E-state index contributed by atoms with van der Waals surface area (Å²) < 4.78 is 6.15. The average molecular weight is 358 g/mol. The highest BCUT2D eigenvalue weighted by molar-refractivity contribution is 6.17. The Hall–Kier alpha value is -2.94. The lowest BCUT2D eigenvalue weighted by atomic mass is 9.75. The summed E-state index contributed by atoms with van der Waals surface area (Å²) in [6.07, 6.45) is 1.59. The monoisotopic (exact) mass is 358 g/mol. The molecular formula is C24H22O3. The Morgan fingerprint density at radius 2 is 1.59 bits per heavy atom. The molecule has 1 aliphatic rings. The first-order chi connectivity index (χ1) is 12.9. The summed E-state index contributed by atoms with van der Waals surface area (Å²) in [4.78, 5) is 26.2. The highest BCUT2D eigenvalue weighted by Gasteiger charge is 2.38. The van der Waals surface area contributed by atoms with Gasteiger partial charge in [0.2, 0.25) is 0 Å². The fourth-order valence-electron chi connectivity index (χ4n) is 3.85. The molecular weight excluding hydrogens is 336 g/mol. The smallest absolute Gasteiger partial charge is 0.197 e. The van der Waals surface area contributed by atoms with Gasteiger partial charge < -0.3 is 4.42 Å². The number of Topliss-reactive ketones (excluding diaryl/α,β-unsaturated/α-hetero) is 1. The van der Waals surface area contributed by atoms with Gasteiger partial charge in [-0.15, -0.1) is 0 Å². The Morgan fingerprint density at radius 3 is 2.26 bits per heavy atom. The number of benzene rings is 2. The number of rotatable bonds is 4. The van der Waals surface area contributed by atoms with Crippen LogP contribution < -0.4 is 0 Å². The standard InChI is InChI=1S/C24H22O3/c1-24(2)14-18(25)21-20(15-24)27-19(13-16-9-5-3-6-10-16)22(21)23(26)17-11-7-4-8-12-17/h3-12H,13-15H2,1-2H3. The Bertz CT molecular complexity index is 995. The minimum Gasteiger partial charge on any atom is -0.464 e. The highest BCUT2D eigenvalue weighted by Crippen LogP contribution is 2.39. The van der Waals surface area contributed by atoms with Crippen LogP contribution in [0.15, 0.2) is 65.1 Å². The van der Waals surface area contributed by atoms with Crippen molar-refractivity contribution in [3.63, 3.8) is 0 Å². The number of hydrogen-bond donors (Lipinski definition) is 0. The fraction of sp³-hybridized carbons (Fsp3) is 0.250. The minimum atomic E-state index is -0.154. The van der Waals surface area contributed by atoms with Crippen molar-refractivity contribution in [3.8, 4) is 0 Å². The normalized spacial score (nSPS) is 15.4. The van der Waals surface area contributed by atoms with E-state index in [0.29, 0.717) is 47.5 Å².